The van der Waals surface area contributed by atoms with Crippen LogP contribution in [0.25, 0.3) is 0 Å². The molecule has 0 amide bonds. The van der Waals surface area contributed by atoms with Crippen molar-refractivity contribution in [2.45, 2.75) is 31.7 Å². The fraction of sp³-hybridized carbons (Fsp3) is 0.833. The summed E-state index contributed by atoms with van der Waals surface area (Å²) in [5.74, 6) is 0. The lowest BCUT2D eigenvalue weighted by Crippen LogP contribution is -2.32. The Morgan fingerprint density at radius 1 is 1.50 bits per heavy atom. The average molecular weight is 112 g/mol. The van der Waals surface area contributed by atoms with Gasteiger partial charge in [0.05, 0.1) is 0 Å². The lowest BCUT2D eigenvalue weighted by atomic mass is 9.94. The van der Waals surface area contributed by atoms with Crippen LogP contribution < -0.4 is 5.73 Å². The Labute approximate surface area is 49.6 Å². The third-order valence-corrected chi connectivity index (χ3v) is 1.66. The molecule has 0 spiro atoms. The highest BCUT2D eigenvalue weighted by atomic mass is 14.7. The van der Waals surface area contributed by atoms with Gasteiger partial charge in [-0.25, -0.2) is 0 Å². The van der Waals surface area contributed by atoms with Gasteiger partial charge in [0.25, 0.3) is 0 Å². The zero-order valence-corrected chi connectivity index (χ0v) is 4.98. The molecule has 0 aromatic heterocycles. The summed E-state index contributed by atoms with van der Waals surface area (Å²) in [6, 6.07) is 0.0868. The van der Waals surface area contributed by atoms with Crippen LogP contribution in [0.5, 0.6) is 0 Å². The van der Waals surface area contributed by atoms with E-state index in [0.717, 1.165) is 18.6 Å². The molecule has 3 N–H and O–H groups in total. The van der Waals surface area contributed by atoms with E-state index in [1.165, 1.54) is 12.8 Å². The van der Waals surface area contributed by atoms with E-state index in [1.54, 1.807) is 0 Å². The van der Waals surface area contributed by atoms with Crippen LogP contribution in [0.1, 0.15) is 25.7 Å². The summed E-state index contributed by atoms with van der Waals surface area (Å²) in [5.41, 5.74) is 6.30. The quantitative estimate of drug-likeness (QED) is 0.480. The Hall–Kier alpha value is -0.370. The first-order valence-electron chi connectivity index (χ1n) is 3.13. The van der Waals surface area contributed by atoms with Gasteiger partial charge in [0, 0.05) is 11.8 Å². The van der Waals surface area contributed by atoms with Crippen molar-refractivity contribution in [1.82, 2.24) is 0 Å². The van der Waals surface area contributed by atoms with Gasteiger partial charge in [0.15, 0.2) is 0 Å². The van der Waals surface area contributed by atoms with Gasteiger partial charge in [-0.3, -0.25) is 0 Å². The zero-order chi connectivity index (χ0) is 5.98. The number of nitrogens with two attached hydrogens (primary N) is 1. The minimum Gasteiger partial charge on any atom is -0.323 e. The van der Waals surface area contributed by atoms with Crippen LogP contribution in [0.3, 0.4) is 0 Å². The normalized spacial score (nSPS) is 30.6. The maximum atomic E-state index is 7.27. The second-order valence-electron chi connectivity index (χ2n) is 2.38. The SMILES string of the molecule is N=C1CCCC[C@H]1N. The molecule has 0 aromatic rings. The van der Waals surface area contributed by atoms with Crippen molar-refractivity contribution in [3.8, 4) is 0 Å². The highest BCUT2D eigenvalue weighted by Crippen LogP contribution is 2.12. The van der Waals surface area contributed by atoms with Gasteiger partial charge in [-0.05, 0) is 19.3 Å². The van der Waals surface area contributed by atoms with Gasteiger partial charge in [0.1, 0.15) is 0 Å². The second kappa shape index (κ2) is 2.27. The number of nitrogens with one attached hydrogen (secondary N) is 1. The van der Waals surface area contributed by atoms with Gasteiger partial charge in [0.2, 0.25) is 0 Å². The van der Waals surface area contributed by atoms with Crippen LogP contribution in [0, 0.1) is 5.41 Å². The van der Waals surface area contributed by atoms with Crippen molar-refractivity contribution in [1.29, 1.82) is 5.41 Å². The Kier molecular flexibility index (Phi) is 1.63. The van der Waals surface area contributed by atoms with Crippen LogP contribution >= 0.6 is 0 Å². The summed E-state index contributed by atoms with van der Waals surface area (Å²) in [6.07, 6.45) is 4.34. The lowest BCUT2D eigenvalue weighted by Gasteiger charge is -2.17. The first kappa shape index (κ1) is 5.76. The predicted octanol–water partition coefficient (Wildman–Crippen LogP) is 0.907. The van der Waals surface area contributed by atoms with E-state index in [0.29, 0.717) is 0 Å². The Balaban J connectivity index is 2.39. The highest BCUT2D eigenvalue weighted by molar-refractivity contribution is 5.86. The maximum absolute atomic E-state index is 7.27. The van der Waals surface area contributed by atoms with E-state index in [-0.39, 0.29) is 6.04 Å². The number of hydrogen-bond acceptors (Lipinski definition) is 2. The minimum absolute atomic E-state index is 0.0868. The molecule has 1 atom stereocenters. The second-order valence-corrected chi connectivity index (χ2v) is 2.38. The Morgan fingerprint density at radius 3 is 2.62 bits per heavy atom. The summed E-state index contributed by atoms with van der Waals surface area (Å²) in [6.45, 7) is 0. The number of rotatable bonds is 0. The fourth-order valence-electron chi connectivity index (χ4n) is 1.04. The molecule has 1 aliphatic rings. The summed E-state index contributed by atoms with van der Waals surface area (Å²) in [4.78, 5) is 0. The van der Waals surface area contributed by atoms with Crippen LogP contribution in [0.15, 0.2) is 0 Å². The molecule has 0 aliphatic heterocycles. The van der Waals surface area contributed by atoms with Crippen molar-refractivity contribution < 1.29 is 0 Å². The molecule has 0 bridgehead atoms. The van der Waals surface area contributed by atoms with Gasteiger partial charge < -0.3 is 11.1 Å². The van der Waals surface area contributed by atoms with Gasteiger partial charge in [-0.2, -0.15) is 0 Å². The minimum atomic E-state index is 0.0868. The van der Waals surface area contributed by atoms with E-state index >= 15 is 0 Å². The third-order valence-electron chi connectivity index (χ3n) is 1.66. The molecule has 2 heteroatoms. The first-order valence-corrected chi connectivity index (χ1v) is 3.13. The molecule has 0 radical (unpaired) electrons. The fourth-order valence-corrected chi connectivity index (χ4v) is 1.04. The van der Waals surface area contributed by atoms with Crippen molar-refractivity contribution in [3.05, 3.63) is 0 Å². The van der Waals surface area contributed by atoms with Crippen molar-refractivity contribution >= 4 is 5.71 Å². The number of hydrogen-bond donors (Lipinski definition) is 2. The van der Waals surface area contributed by atoms with Crippen molar-refractivity contribution in [2.24, 2.45) is 5.73 Å². The van der Waals surface area contributed by atoms with Crippen molar-refractivity contribution in [2.75, 3.05) is 0 Å². The predicted molar refractivity (Wildman–Crippen MR) is 34.2 cm³/mol. The van der Waals surface area contributed by atoms with Crippen molar-refractivity contribution in [3.63, 3.8) is 0 Å². The van der Waals surface area contributed by atoms with Crippen LogP contribution in [0.2, 0.25) is 0 Å². The topological polar surface area (TPSA) is 49.9 Å². The van der Waals surface area contributed by atoms with Crippen LogP contribution in [-0.2, 0) is 0 Å². The molecule has 1 rings (SSSR count). The largest absolute Gasteiger partial charge is 0.323 e. The molecule has 1 aliphatic carbocycles. The van der Waals surface area contributed by atoms with Gasteiger partial charge in [-0.15, -0.1) is 0 Å². The molecule has 1 fully saturated rings. The lowest BCUT2D eigenvalue weighted by molar-refractivity contribution is 0.604. The van der Waals surface area contributed by atoms with E-state index < -0.39 is 0 Å². The summed E-state index contributed by atoms with van der Waals surface area (Å²) >= 11 is 0. The monoisotopic (exact) mass is 112 g/mol. The smallest absolute Gasteiger partial charge is 0.0423 e. The molecule has 1 saturated carbocycles. The molecule has 0 aromatic carbocycles. The van der Waals surface area contributed by atoms with E-state index in [9.17, 15) is 0 Å². The third kappa shape index (κ3) is 1.07. The molecular weight excluding hydrogens is 100 g/mol. The van der Waals surface area contributed by atoms with Crippen LogP contribution in [0.4, 0.5) is 0 Å². The van der Waals surface area contributed by atoms with E-state index in [2.05, 4.69) is 0 Å². The zero-order valence-electron chi connectivity index (χ0n) is 4.98. The van der Waals surface area contributed by atoms with E-state index in [1.807, 2.05) is 0 Å². The first-order chi connectivity index (χ1) is 3.80. The highest BCUT2D eigenvalue weighted by Gasteiger charge is 2.13. The molecule has 0 saturated heterocycles. The van der Waals surface area contributed by atoms with Crippen LogP contribution in [-0.4, -0.2) is 11.8 Å². The standard InChI is InChI=1S/C6H12N2/c7-5-3-1-2-4-6(5)8/h5,8H,1-4,7H2/t5-/m1/s1. The molecule has 8 heavy (non-hydrogen) atoms. The molecule has 0 unspecified atom stereocenters. The molecule has 0 heterocycles. The summed E-state index contributed by atoms with van der Waals surface area (Å²) in [7, 11) is 0. The summed E-state index contributed by atoms with van der Waals surface area (Å²) < 4.78 is 0. The molecule has 2 nitrogen and oxygen atoms in total. The van der Waals surface area contributed by atoms with Gasteiger partial charge in [-0.1, -0.05) is 6.42 Å². The maximum Gasteiger partial charge on any atom is 0.0423 e. The molecule has 46 valence electrons. The Bertz CT molecular complexity index is 98.7. The van der Waals surface area contributed by atoms with Gasteiger partial charge >= 0.3 is 0 Å². The Morgan fingerprint density at radius 2 is 2.25 bits per heavy atom. The summed E-state index contributed by atoms with van der Waals surface area (Å²) in [5, 5.41) is 7.27. The van der Waals surface area contributed by atoms with E-state index in [4.69, 9.17) is 11.1 Å². The average Bonchev–Trinajstić information content (AvgIpc) is 1.77. The molecular formula is C6H12N2.